The Balaban J connectivity index is 1.85. The summed E-state index contributed by atoms with van der Waals surface area (Å²) in [5.74, 6) is 0.583. The zero-order valence-corrected chi connectivity index (χ0v) is 11.4. The van der Waals surface area contributed by atoms with Crippen LogP contribution < -0.4 is 5.32 Å². The van der Waals surface area contributed by atoms with Crippen molar-refractivity contribution in [3.8, 4) is 0 Å². The Hall–Kier alpha value is -0.900. The van der Waals surface area contributed by atoms with Gasteiger partial charge in [-0.2, -0.15) is 0 Å². The summed E-state index contributed by atoms with van der Waals surface area (Å²) in [6.07, 6.45) is 0.340. The van der Waals surface area contributed by atoms with Gasteiger partial charge in [-0.1, -0.05) is 37.3 Å². The minimum absolute atomic E-state index is 0.340. The summed E-state index contributed by atoms with van der Waals surface area (Å²) in [7, 11) is 1.98. The number of ether oxygens (including phenoxy) is 1. The first kappa shape index (κ1) is 13.5. The molecule has 1 N–H and O–H groups in total. The molecule has 1 fully saturated rings. The summed E-state index contributed by atoms with van der Waals surface area (Å²) in [6, 6.07) is 10.8. The summed E-state index contributed by atoms with van der Waals surface area (Å²) >= 11 is 0. The number of hydrogen-bond donors (Lipinski definition) is 1. The second-order valence-corrected chi connectivity index (χ2v) is 5.12. The molecule has 0 aromatic heterocycles. The highest BCUT2D eigenvalue weighted by Crippen LogP contribution is 2.17. The quantitative estimate of drug-likeness (QED) is 0.858. The third-order valence-corrected chi connectivity index (χ3v) is 3.56. The molecule has 0 bridgehead atoms. The first-order valence-electron chi connectivity index (χ1n) is 6.83. The maximum absolute atomic E-state index is 5.73. The zero-order chi connectivity index (χ0) is 12.8. The fourth-order valence-electron chi connectivity index (χ4n) is 2.57. The zero-order valence-electron chi connectivity index (χ0n) is 11.4. The molecule has 1 saturated heterocycles. The molecule has 18 heavy (non-hydrogen) atoms. The fourth-order valence-corrected chi connectivity index (χ4v) is 2.57. The highest BCUT2D eigenvalue weighted by molar-refractivity contribution is 5.19. The lowest BCUT2D eigenvalue weighted by atomic mass is 10.0. The van der Waals surface area contributed by atoms with E-state index in [1.807, 2.05) is 7.05 Å². The van der Waals surface area contributed by atoms with E-state index in [0.29, 0.717) is 12.0 Å². The molecule has 1 heterocycles. The highest BCUT2D eigenvalue weighted by Gasteiger charge is 2.21. The normalized spacial score (nSPS) is 22.9. The van der Waals surface area contributed by atoms with Crippen molar-refractivity contribution in [2.75, 3.05) is 39.8 Å². The van der Waals surface area contributed by atoms with Gasteiger partial charge in [-0.15, -0.1) is 0 Å². The highest BCUT2D eigenvalue weighted by atomic mass is 16.5. The van der Waals surface area contributed by atoms with Crippen LogP contribution in [0.4, 0.5) is 0 Å². The van der Waals surface area contributed by atoms with Crippen LogP contribution in [0.15, 0.2) is 30.3 Å². The Morgan fingerprint density at radius 1 is 1.39 bits per heavy atom. The molecule has 3 heteroatoms. The second kappa shape index (κ2) is 6.88. The third kappa shape index (κ3) is 3.80. The van der Waals surface area contributed by atoms with Gasteiger partial charge in [0.1, 0.15) is 0 Å². The largest absolute Gasteiger partial charge is 0.374 e. The van der Waals surface area contributed by atoms with Gasteiger partial charge in [0.15, 0.2) is 0 Å². The molecule has 2 unspecified atom stereocenters. The van der Waals surface area contributed by atoms with Crippen LogP contribution in [0.1, 0.15) is 18.4 Å². The van der Waals surface area contributed by atoms with E-state index in [2.05, 4.69) is 47.5 Å². The van der Waals surface area contributed by atoms with Crippen molar-refractivity contribution in [2.45, 2.75) is 18.9 Å². The lowest BCUT2D eigenvalue weighted by molar-refractivity contribution is -0.0275. The lowest BCUT2D eigenvalue weighted by Gasteiger charge is -2.34. The van der Waals surface area contributed by atoms with Gasteiger partial charge in [0, 0.05) is 26.2 Å². The Morgan fingerprint density at radius 2 is 2.17 bits per heavy atom. The number of likely N-dealkylation sites (N-methyl/N-ethyl adjacent to an activating group) is 1. The molecule has 3 nitrogen and oxygen atoms in total. The van der Waals surface area contributed by atoms with Crippen LogP contribution in [0.3, 0.4) is 0 Å². The minimum Gasteiger partial charge on any atom is -0.374 e. The maximum atomic E-state index is 5.73. The maximum Gasteiger partial charge on any atom is 0.0826 e. The molecule has 1 aromatic rings. The Labute approximate surface area is 110 Å². The fraction of sp³-hybridized carbons (Fsp3) is 0.600. The smallest absolute Gasteiger partial charge is 0.0826 e. The van der Waals surface area contributed by atoms with Crippen LogP contribution in [0, 0.1) is 0 Å². The summed E-state index contributed by atoms with van der Waals surface area (Å²) < 4.78 is 5.73. The summed E-state index contributed by atoms with van der Waals surface area (Å²) in [5, 5.41) is 3.19. The van der Waals surface area contributed by atoms with Gasteiger partial charge in [-0.3, -0.25) is 4.90 Å². The Kier molecular flexibility index (Phi) is 5.17. The van der Waals surface area contributed by atoms with Crippen molar-refractivity contribution < 1.29 is 4.74 Å². The van der Waals surface area contributed by atoms with Crippen LogP contribution in [-0.4, -0.2) is 50.8 Å². The topological polar surface area (TPSA) is 24.5 Å². The third-order valence-electron chi connectivity index (χ3n) is 3.56. The average molecular weight is 248 g/mol. The van der Waals surface area contributed by atoms with E-state index in [4.69, 9.17) is 4.74 Å². The van der Waals surface area contributed by atoms with Crippen LogP contribution >= 0.6 is 0 Å². The minimum atomic E-state index is 0.340. The van der Waals surface area contributed by atoms with E-state index in [9.17, 15) is 0 Å². The van der Waals surface area contributed by atoms with Gasteiger partial charge in [0.05, 0.1) is 12.7 Å². The van der Waals surface area contributed by atoms with Gasteiger partial charge in [0.2, 0.25) is 0 Å². The van der Waals surface area contributed by atoms with Crippen LogP contribution in [0.25, 0.3) is 0 Å². The average Bonchev–Trinajstić information content (AvgIpc) is 2.40. The molecule has 1 aliphatic rings. The van der Waals surface area contributed by atoms with E-state index < -0.39 is 0 Å². The lowest BCUT2D eigenvalue weighted by Crippen LogP contribution is -2.47. The summed E-state index contributed by atoms with van der Waals surface area (Å²) in [5.41, 5.74) is 1.43. The number of rotatable bonds is 5. The van der Waals surface area contributed by atoms with Gasteiger partial charge in [0.25, 0.3) is 0 Å². The monoisotopic (exact) mass is 248 g/mol. The van der Waals surface area contributed by atoms with Crippen molar-refractivity contribution in [2.24, 2.45) is 0 Å². The van der Waals surface area contributed by atoms with Gasteiger partial charge in [-0.25, -0.2) is 0 Å². The number of nitrogens with zero attached hydrogens (tertiary/aromatic N) is 1. The molecule has 0 spiro atoms. The van der Waals surface area contributed by atoms with Gasteiger partial charge < -0.3 is 10.1 Å². The predicted octanol–water partition coefficient (Wildman–Crippen LogP) is 1.71. The standard InChI is InChI=1S/C15H24N2O/c1-13(14-6-4-3-5-7-14)11-17-8-9-18-15(12-17)10-16-2/h3-7,13,15-16H,8-12H2,1-2H3. The van der Waals surface area contributed by atoms with E-state index in [0.717, 1.165) is 32.8 Å². The molecule has 0 radical (unpaired) electrons. The predicted molar refractivity (Wildman–Crippen MR) is 75.0 cm³/mol. The SMILES string of the molecule is CNCC1CN(CC(C)c2ccccc2)CCO1. The molecule has 0 aliphatic carbocycles. The van der Waals surface area contributed by atoms with Crippen molar-refractivity contribution >= 4 is 0 Å². The Bertz CT molecular complexity index is 340. The molecule has 1 aromatic carbocycles. The summed E-state index contributed by atoms with van der Waals surface area (Å²) in [6.45, 7) is 7.31. The van der Waals surface area contributed by atoms with E-state index >= 15 is 0 Å². The number of hydrogen-bond acceptors (Lipinski definition) is 3. The van der Waals surface area contributed by atoms with Crippen molar-refractivity contribution in [3.05, 3.63) is 35.9 Å². The van der Waals surface area contributed by atoms with Crippen molar-refractivity contribution in [1.82, 2.24) is 10.2 Å². The van der Waals surface area contributed by atoms with Crippen LogP contribution in [0.5, 0.6) is 0 Å². The molecule has 1 aliphatic heterocycles. The molecule has 2 atom stereocenters. The molecule has 0 saturated carbocycles. The summed E-state index contributed by atoms with van der Waals surface area (Å²) in [4.78, 5) is 2.52. The van der Waals surface area contributed by atoms with E-state index in [1.165, 1.54) is 5.56 Å². The van der Waals surface area contributed by atoms with Gasteiger partial charge >= 0.3 is 0 Å². The molecule has 100 valence electrons. The number of benzene rings is 1. The Morgan fingerprint density at radius 3 is 2.89 bits per heavy atom. The molecular formula is C15H24N2O. The first-order chi connectivity index (χ1) is 8.79. The number of nitrogens with one attached hydrogen (secondary N) is 1. The van der Waals surface area contributed by atoms with E-state index in [-0.39, 0.29) is 0 Å². The van der Waals surface area contributed by atoms with Crippen LogP contribution in [-0.2, 0) is 4.74 Å². The number of morpholine rings is 1. The van der Waals surface area contributed by atoms with E-state index in [1.54, 1.807) is 0 Å². The first-order valence-corrected chi connectivity index (χ1v) is 6.83. The molecular weight excluding hydrogens is 224 g/mol. The van der Waals surface area contributed by atoms with Crippen LogP contribution in [0.2, 0.25) is 0 Å². The van der Waals surface area contributed by atoms with Gasteiger partial charge in [-0.05, 0) is 18.5 Å². The van der Waals surface area contributed by atoms with Crippen molar-refractivity contribution in [3.63, 3.8) is 0 Å². The molecule has 2 rings (SSSR count). The second-order valence-electron chi connectivity index (χ2n) is 5.12. The molecule has 0 amide bonds. The van der Waals surface area contributed by atoms with Crippen molar-refractivity contribution in [1.29, 1.82) is 0 Å².